The monoisotopic (exact) mass is 304 g/mol. The molecule has 8 heteroatoms. The van der Waals surface area contributed by atoms with Gasteiger partial charge in [-0.05, 0) is 6.42 Å². The first kappa shape index (κ1) is 14.9. The largest absolute Gasteiger partial charge is 0.303 e. The van der Waals surface area contributed by atoms with Crippen molar-refractivity contribution in [2.75, 3.05) is 0 Å². The van der Waals surface area contributed by atoms with Crippen molar-refractivity contribution < 1.29 is 9.72 Å². The van der Waals surface area contributed by atoms with Gasteiger partial charge in [-0.1, -0.05) is 30.0 Å². The highest BCUT2D eigenvalue weighted by Crippen LogP contribution is 2.22. The van der Waals surface area contributed by atoms with E-state index in [0.717, 1.165) is 0 Å². The predicted molar refractivity (Wildman–Crippen MR) is 82.5 cm³/mol. The lowest BCUT2D eigenvalue weighted by atomic mass is 10.2. The Labute approximate surface area is 125 Å². The van der Waals surface area contributed by atoms with Gasteiger partial charge in [0.25, 0.3) is 5.69 Å². The van der Waals surface area contributed by atoms with Gasteiger partial charge in [0.15, 0.2) is 5.17 Å². The molecule has 108 valence electrons. The van der Waals surface area contributed by atoms with Gasteiger partial charge in [0, 0.05) is 17.7 Å². The number of hydrogen-bond acceptors (Lipinski definition) is 6. The highest BCUT2D eigenvalue weighted by Gasteiger charge is 2.28. The van der Waals surface area contributed by atoms with Crippen LogP contribution in [0.5, 0.6) is 0 Å². The third-order valence-corrected chi connectivity index (χ3v) is 3.69. The van der Waals surface area contributed by atoms with Crippen LogP contribution in [0.25, 0.3) is 0 Å². The first-order chi connectivity index (χ1) is 10.1. The van der Waals surface area contributed by atoms with E-state index >= 15 is 0 Å². The summed E-state index contributed by atoms with van der Waals surface area (Å²) in [4.78, 5) is 21.7. The quantitative estimate of drug-likeness (QED) is 0.390. The molecule has 1 amide bonds. The van der Waals surface area contributed by atoms with E-state index in [1.807, 2.05) is 0 Å². The summed E-state index contributed by atoms with van der Waals surface area (Å²) in [5.41, 5.74) is 0.548. The number of amidine groups is 1. The van der Waals surface area contributed by atoms with E-state index in [4.69, 9.17) is 0 Å². The Morgan fingerprint density at radius 2 is 2.33 bits per heavy atom. The second kappa shape index (κ2) is 6.80. The van der Waals surface area contributed by atoms with E-state index in [1.165, 1.54) is 30.1 Å². The molecule has 1 N–H and O–H groups in total. The summed E-state index contributed by atoms with van der Waals surface area (Å²) < 4.78 is 0. The fourth-order valence-electron chi connectivity index (χ4n) is 1.63. The number of benzene rings is 1. The molecule has 1 aliphatic rings. The first-order valence-electron chi connectivity index (χ1n) is 6.04. The molecule has 1 fully saturated rings. The fourth-order valence-corrected chi connectivity index (χ4v) is 2.55. The zero-order valence-electron chi connectivity index (χ0n) is 10.9. The average molecular weight is 304 g/mol. The standard InChI is InChI=1S/C13H12N4O3S/c1-2-4-11-12(18)15-13(21-11)16-14-8-9-5-3-6-10(7-9)17(19)20/h2-3,5-8,11H,1,4H2,(H,15,16,18)/t11-/m0/s1. The summed E-state index contributed by atoms with van der Waals surface area (Å²) in [6.07, 6.45) is 3.63. The summed E-state index contributed by atoms with van der Waals surface area (Å²) in [6, 6.07) is 6.04. The number of hydrogen-bond donors (Lipinski definition) is 1. The third kappa shape index (κ3) is 3.99. The maximum absolute atomic E-state index is 11.5. The second-order valence-electron chi connectivity index (χ2n) is 4.12. The Hall–Kier alpha value is -2.48. The number of nitrogens with zero attached hydrogens (tertiary/aromatic N) is 3. The van der Waals surface area contributed by atoms with E-state index in [2.05, 4.69) is 22.1 Å². The smallest absolute Gasteiger partial charge is 0.270 e. The molecule has 0 aromatic heterocycles. The van der Waals surface area contributed by atoms with Crippen molar-refractivity contribution in [1.82, 2.24) is 5.32 Å². The lowest BCUT2D eigenvalue weighted by Crippen LogP contribution is -2.24. The minimum absolute atomic E-state index is 0.0128. The fraction of sp³-hybridized carbons (Fsp3) is 0.154. The SMILES string of the molecule is C=CC[C@@H]1SC(=NN=Cc2cccc([N+](=O)[O-])c2)NC1=O. The van der Waals surface area contributed by atoms with Gasteiger partial charge in [-0.15, -0.1) is 11.7 Å². The van der Waals surface area contributed by atoms with Crippen LogP contribution in [0.15, 0.2) is 47.1 Å². The molecule has 1 heterocycles. The maximum Gasteiger partial charge on any atom is 0.270 e. The lowest BCUT2D eigenvalue weighted by Gasteiger charge is -1.97. The summed E-state index contributed by atoms with van der Waals surface area (Å²) in [5.74, 6) is -0.121. The van der Waals surface area contributed by atoms with E-state index in [1.54, 1.807) is 18.2 Å². The normalized spacial score (nSPS) is 19.9. The molecule has 1 saturated heterocycles. The number of amides is 1. The molecule has 7 nitrogen and oxygen atoms in total. The molecular formula is C13H12N4O3S. The van der Waals surface area contributed by atoms with Crippen LogP contribution in [-0.4, -0.2) is 27.5 Å². The number of nitro groups is 1. The molecule has 0 radical (unpaired) electrons. The van der Waals surface area contributed by atoms with Crippen LogP contribution in [0, 0.1) is 10.1 Å². The van der Waals surface area contributed by atoms with Gasteiger partial charge in [-0.25, -0.2) is 0 Å². The summed E-state index contributed by atoms with van der Waals surface area (Å²) in [5, 5.41) is 21.2. The van der Waals surface area contributed by atoms with Crippen molar-refractivity contribution in [1.29, 1.82) is 0 Å². The number of allylic oxidation sites excluding steroid dienone is 1. The summed E-state index contributed by atoms with van der Waals surface area (Å²) in [7, 11) is 0. The highest BCUT2D eigenvalue weighted by molar-refractivity contribution is 8.15. The first-order valence-corrected chi connectivity index (χ1v) is 6.92. The Morgan fingerprint density at radius 3 is 3.05 bits per heavy atom. The molecule has 0 saturated carbocycles. The molecular weight excluding hydrogens is 292 g/mol. The van der Waals surface area contributed by atoms with Crippen LogP contribution in [0.2, 0.25) is 0 Å². The van der Waals surface area contributed by atoms with Gasteiger partial charge in [-0.3, -0.25) is 14.9 Å². The topological polar surface area (TPSA) is 97.0 Å². The lowest BCUT2D eigenvalue weighted by molar-refractivity contribution is -0.384. The zero-order valence-corrected chi connectivity index (χ0v) is 11.7. The molecule has 1 aromatic carbocycles. The van der Waals surface area contributed by atoms with Crippen LogP contribution in [-0.2, 0) is 4.79 Å². The molecule has 21 heavy (non-hydrogen) atoms. The van der Waals surface area contributed by atoms with Gasteiger partial charge in [0.2, 0.25) is 5.91 Å². The van der Waals surface area contributed by atoms with Gasteiger partial charge in [-0.2, -0.15) is 5.10 Å². The van der Waals surface area contributed by atoms with E-state index < -0.39 is 4.92 Å². The second-order valence-corrected chi connectivity index (χ2v) is 5.31. The van der Waals surface area contributed by atoms with Crippen molar-refractivity contribution in [3.8, 4) is 0 Å². The van der Waals surface area contributed by atoms with Crippen molar-refractivity contribution in [3.63, 3.8) is 0 Å². The zero-order chi connectivity index (χ0) is 15.2. The van der Waals surface area contributed by atoms with Crippen molar-refractivity contribution in [2.24, 2.45) is 10.2 Å². The Kier molecular flexibility index (Phi) is 4.83. The molecule has 1 aliphatic heterocycles. The number of carbonyl (C=O) groups excluding carboxylic acids is 1. The number of carbonyl (C=O) groups is 1. The molecule has 0 unspecified atom stereocenters. The van der Waals surface area contributed by atoms with Crippen molar-refractivity contribution in [2.45, 2.75) is 11.7 Å². The van der Waals surface area contributed by atoms with Gasteiger partial charge < -0.3 is 5.32 Å². The number of nitro benzene ring substituents is 1. The maximum atomic E-state index is 11.5. The molecule has 2 rings (SSSR count). The van der Waals surface area contributed by atoms with Crippen LogP contribution in [0.3, 0.4) is 0 Å². The Balaban J connectivity index is 2.04. The molecule has 0 bridgehead atoms. The minimum Gasteiger partial charge on any atom is -0.303 e. The van der Waals surface area contributed by atoms with Crippen LogP contribution < -0.4 is 5.32 Å². The van der Waals surface area contributed by atoms with Crippen LogP contribution >= 0.6 is 11.8 Å². The number of thioether (sulfide) groups is 1. The van der Waals surface area contributed by atoms with Gasteiger partial charge >= 0.3 is 0 Å². The van der Waals surface area contributed by atoms with E-state index in [-0.39, 0.29) is 16.8 Å². The van der Waals surface area contributed by atoms with Crippen molar-refractivity contribution >= 4 is 34.7 Å². The average Bonchev–Trinajstić information content (AvgIpc) is 2.80. The van der Waals surface area contributed by atoms with Gasteiger partial charge in [0.05, 0.1) is 16.4 Å². The summed E-state index contributed by atoms with van der Waals surface area (Å²) >= 11 is 1.28. The van der Waals surface area contributed by atoms with Crippen LogP contribution in [0.1, 0.15) is 12.0 Å². The molecule has 1 atom stereocenters. The summed E-state index contributed by atoms with van der Waals surface area (Å²) in [6.45, 7) is 3.59. The number of nitrogens with one attached hydrogen (secondary N) is 1. The van der Waals surface area contributed by atoms with Crippen LogP contribution in [0.4, 0.5) is 5.69 Å². The third-order valence-electron chi connectivity index (χ3n) is 2.59. The molecule has 0 spiro atoms. The Bertz CT molecular complexity index is 642. The molecule has 1 aromatic rings. The molecule has 0 aliphatic carbocycles. The van der Waals surface area contributed by atoms with E-state index in [0.29, 0.717) is 17.2 Å². The number of rotatable bonds is 5. The Morgan fingerprint density at radius 1 is 1.52 bits per heavy atom. The number of non-ortho nitro benzene ring substituents is 1. The predicted octanol–water partition coefficient (Wildman–Crippen LogP) is 2.09. The van der Waals surface area contributed by atoms with E-state index in [9.17, 15) is 14.9 Å². The van der Waals surface area contributed by atoms with Gasteiger partial charge in [0.1, 0.15) is 0 Å². The highest BCUT2D eigenvalue weighted by atomic mass is 32.2. The van der Waals surface area contributed by atoms with Crippen molar-refractivity contribution in [3.05, 3.63) is 52.6 Å². The minimum atomic E-state index is -0.476.